The van der Waals surface area contributed by atoms with E-state index in [-0.39, 0.29) is 5.84 Å². The van der Waals surface area contributed by atoms with Crippen LogP contribution >= 0.6 is 27.5 Å². The van der Waals surface area contributed by atoms with Gasteiger partial charge in [-0.05, 0) is 48.9 Å². The van der Waals surface area contributed by atoms with Gasteiger partial charge in [-0.3, -0.25) is 0 Å². The molecule has 2 rings (SSSR count). The van der Waals surface area contributed by atoms with Gasteiger partial charge in [0, 0.05) is 9.50 Å². The number of nitrogens with two attached hydrogens (primary N) is 1. The number of amidine groups is 1. The number of oxime groups is 1. The Morgan fingerprint density at radius 1 is 1.30 bits per heavy atom. The van der Waals surface area contributed by atoms with E-state index in [0.717, 1.165) is 10.0 Å². The Balaban J connectivity index is 2.41. The maximum atomic E-state index is 8.81. The van der Waals surface area contributed by atoms with Crippen LogP contribution in [-0.4, -0.2) is 11.0 Å². The molecular formula is C14H12BrClN2O2. The zero-order valence-electron chi connectivity index (χ0n) is 10.6. The van der Waals surface area contributed by atoms with Crippen molar-refractivity contribution < 1.29 is 9.94 Å². The highest BCUT2D eigenvalue weighted by Crippen LogP contribution is 2.30. The first-order valence-electron chi connectivity index (χ1n) is 5.72. The molecule has 0 radical (unpaired) electrons. The summed E-state index contributed by atoms with van der Waals surface area (Å²) in [6.45, 7) is 1.89. The molecule has 0 amide bonds. The van der Waals surface area contributed by atoms with E-state index in [2.05, 4.69) is 21.1 Å². The first kappa shape index (κ1) is 14.7. The van der Waals surface area contributed by atoms with Gasteiger partial charge in [-0.15, -0.1) is 0 Å². The van der Waals surface area contributed by atoms with Crippen molar-refractivity contribution in [1.29, 1.82) is 0 Å². The fraction of sp³-hybridized carbons (Fsp3) is 0.0714. The Morgan fingerprint density at radius 2 is 2.05 bits per heavy atom. The predicted molar refractivity (Wildman–Crippen MR) is 82.9 cm³/mol. The summed E-state index contributed by atoms with van der Waals surface area (Å²) in [5.74, 6) is 1.09. The average Bonchev–Trinajstić information content (AvgIpc) is 2.42. The van der Waals surface area contributed by atoms with E-state index in [9.17, 15) is 0 Å². The van der Waals surface area contributed by atoms with Crippen molar-refractivity contribution in [2.75, 3.05) is 0 Å². The summed E-state index contributed by atoms with van der Waals surface area (Å²) < 4.78 is 6.62. The third-order valence-electron chi connectivity index (χ3n) is 2.68. The van der Waals surface area contributed by atoms with Gasteiger partial charge in [-0.1, -0.05) is 32.7 Å². The van der Waals surface area contributed by atoms with Crippen LogP contribution < -0.4 is 10.5 Å². The minimum atomic E-state index is -0.0156. The maximum Gasteiger partial charge on any atom is 0.173 e. The number of halogens is 2. The minimum Gasteiger partial charge on any atom is -0.457 e. The fourth-order valence-electron chi connectivity index (χ4n) is 1.65. The molecule has 0 aromatic heterocycles. The Morgan fingerprint density at radius 3 is 2.70 bits per heavy atom. The van der Waals surface area contributed by atoms with Gasteiger partial charge in [0.05, 0.1) is 5.56 Å². The molecule has 0 unspecified atom stereocenters. The molecule has 6 heteroatoms. The molecule has 0 bridgehead atoms. The molecule has 0 aliphatic carbocycles. The topological polar surface area (TPSA) is 67.8 Å². The summed E-state index contributed by atoms with van der Waals surface area (Å²) in [6.07, 6.45) is 0. The van der Waals surface area contributed by atoms with E-state index in [1.807, 2.05) is 13.0 Å². The fourth-order valence-corrected chi connectivity index (χ4v) is 2.11. The van der Waals surface area contributed by atoms with E-state index >= 15 is 0 Å². The van der Waals surface area contributed by atoms with Crippen LogP contribution in [0.5, 0.6) is 11.5 Å². The Labute approximate surface area is 129 Å². The van der Waals surface area contributed by atoms with Gasteiger partial charge < -0.3 is 15.7 Å². The molecule has 4 nitrogen and oxygen atoms in total. The van der Waals surface area contributed by atoms with Crippen LogP contribution in [0.1, 0.15) is 11.1 Å². The van der Waals surface area contributed by atoms with Gasteiger partial charge in [0.2, 0.25) is 0 Å². The molecule has 20 heavy (non-hydrogen) atoms. The second-order valence-electron chi connectivity index (χ2n) is 4.14. The average molecular weight is 356 g/mol. The summed E-state index contributed by atoms with van der Waals surface area (Å²) in [7, 11) is 0. The molecule has 0 saturated carbocycles. The number of ether oxygens (including phenoxy) is 1. The third-order valence-corrected chi connectivity index (χ3v) is 3.60. The van der Waals surface area contributed by atoms with Crippen molar-refractivity contribution in [3.63, 3.8) is 0 Å². The van der Waals surface area contributed by atoms with Crippen LogP contribution in [0.2, 0.25) is 5.02 Å². The third kappa shape index (κ3) is 3.23. The van der Waals surface area contributed by atoms with Gasteiger partial charge in [-0.2, -0.15) is 0 Å². The predicted octanol–water partition coefficient (Wildman–Crippen LogP) is 4.30. The van der Waals surface area contributed by atoms with Crippen LogP contribution in [0.15, 0.2) is 46.0 Å². The van der Waals surface area contributed by atoms with Crippen LogP contribution in [0.3, 0.4) is 0 Å². The number of nitrogens with zero attached hydrogens (tertiary/aromatic N) is 1. The van der Waals surface area contributed by atoms with Crippen LogP contribution in [0.25, 0.3) is 0 Å². The maximum absolute atomic E-state index is 8.81. The van der Waals surface area contributed by atoms with Gasteiger partial charge in [0.25, 0.3) is 0 Å². The Hall–Kier alpha value is -1.72. The van der Waals surface area contributed by atoms with Crippen LogP contribution in [0.4, 0.5) is 0 Å². The Kier molecular flexibility index (Phi) is 4.52. The summed E-state index contributed by atoms with van der Waals surface area (Å²) in [4.78, 5) is 0. The molecule has 2 aromatic carbocycles. The number of hydrogen-bond acceptors (Lipinski definition) is 3. The lowest BCUT2D eigenvalue weighted by Crippen LogP contribution is -2.14. The second-order valence-corrected chi connectivity index (χ2v) is 5.46. The zero-order valence-corrected chi connectivity index (χ0v) is 12.9. The van der Waals surface area contributed by atoms with Crippen molar-refractivity contribution in [1.82, 2.24) is 0 Å². The van der Waals surface area contributed by atoms with E-state index in [0.29, 0.717) is 22.1 Å². The SMILES string of the molecule is Cc1cc(Oc2cc(Br)ccc2/C(N)=N/O)ccc1Cl. The molecule has 2 aromatic rings. The second kappa shape index (κ2) is 6.15. The molecule has 0 fully saturated rings. The Bertz CT molecular complexity index is 674. The summed E-state index contributed by atoms with van der Waals surface area (Å²) in [6, 6.07) is 10.6. The van der Waals surface area contributed by atoms with Crippen molar-refractivity contribution in [3.8, 4) is 11.5 Å². The van der Waals surface area contributed by atoms with Crippen molar-refractivity contribution in [2.45, 2.75) is 6.92 Å². The summed E-state index contributed by atoms with van der Waals surface area (Å²) in [5.41, 5.74) is 7.05. The summed E-state index contributed by atoms with van der Waals surface area (Å²) >= 11 is 9.34. The smallest absolute Gasteiger partial charge is 0.173 e. The van der Waals surface area contributed by atoms with Crippen LogP contribution in [0, 0.1) is 6.92 Å². The van der Waals surface area contributed by atoms with Gasteiger partial charge in [0.1, 0.15) is 11.5 Å². The number of hydrogen-bond donors (Lipinski definition) is 2. The summed E-state index contributed by atoms with van der Waals surface area (Å²) in [5, 5.41) is 12.5. The quantitative estimate of drug-likeness (QED) is 0.373. The molecule has 0 saturated heterocycles. The molecular weight excluding hydrogens is 344 g/mol. The number of aryl methyl sites for hydroxylation is 1. The van der Waals surface area contributed by atoms with Crippen molar-refractivity contribution in [3.05, 3.63) is 57.0 Å². The molecule has 3 N–H and O–H groups in total. The minimum absolute atomic E-state index is 0.0156. The highest BCUT2D eigenvalue weighted by Gasteiger charge is 2.10. The molecule has 104 valence electrons. The molecule has 0 heterocycles. The lowest BCUT2D eigenvalue weighted by atomic mass is 10.2. The van der Waals surface area contributed by atoms with Gasteiger partial charge in [0.15, 0.2) is 5.84 Å². The highest BCUT2D eigenvalue weighted by molar-refractivity contribution is 9.10. The van der Waals surface area contributed by atoms with Crippen LogP contribution in [-0.2, 0) is 0 Å². The van der Waals surface area contributed by atoms with E-state index < -0.39 is 0 Å². The number of rotatable bonds is 3. The first-order chi connectivity index (χ1) is 9.51. The zero-order chi connectivity index (χ0) is 14.7. The van der Waals surface area contributed by atoms with E-state index in [1.165, 1.54) is 0 Å². The molecule has 0 aliphatic heterocycles. The largest absolute Gasteiger partial charge is 0.457 e. The van der Waals surface area contributed by atoms with Gasteiger partial charge >= 0.3 is 0 Å². The van der Waals surface area contributed by atoms with E-state index in [4.69, 9.17) is 27.3 Å². The molecule has 0 spiro atoms. The lowest BCUT2D eigenvalue weighted by molar-refractivity contribution is 0.318. The van der Waals surface area contributed by atoms with Crippen molar-refractivity contribution in [2.24, 2.45) is 10.9 Å². The normalized spacial score (nSPS) is 11.4. The highest BCUT2D eigenvalue weighted by atomic mass is 79.9. The first-order valence-corrected chi connectivity index (χ1v) is 6.90. The molecule has 0 atom stereocenters. The lowest BCUT2D eigenvalue weighted by Gasteiger charge is -2.11. The van der Waals surface area contributed by atoms with Gasteiger partial charge in [-0.25, -0.2) is 0 Å². The number of benzene rings is 2. The standard InChI is InChI=1S/C14H12BrClN2O2/c1-8-6-10(3-5-12(8)16)20-13-7-9(15)2-4-11(13)14(17)18-19/h2-7,19H,1H3,(H2,17,18). The van der Waals surface area contributed by atoms with E-state index in [1.54, 1.807) is 30.3 Å². The monoisotopic (exact) mass is 354 g/mol. The van der Waals surface area contributed by atoms with Crippen molar-refractivity contribution >= 4 is 33.4 Å². The molecule has 0 aliphatic rings.